The number of nitrogens with two attached hydrogens (primary N) is 1. The van der Waals surface area contributed by atoms with Gasteiger partial charge in [0.25, 0.3) is 0 Å². The molecule has 0 unspecified atom stereocenters. The number of nitrogens with one attached hydrogen (secondary N) is 1. The van der Waals surface area contributed by atoms with Gasteiger partial charge in [-0.05, 0) is 30.5 Å². The third-order valence-electron chi connectivity index (χ3n) is 4.30. The van der Waals surface area contributed by atoms with Gasteiger partial charge in [-0.15, -0.1) is 0 Å². The van der Waals surface area contributed by atoms with E-state index in [1.54, 1.807) is 14.2 Å². The third kappa shape index (κ3) is 4.37. The summed E-state index contributed by atoms with van der Waals surface area (Å²) in [4.78, 5) is 12.1. The fraction of sp³-hybridized carbons (Fsp3) is 0.588. The molecule has 2 rings (SSSR count). The summed E-state index contributed by atoms with van der Waals surface area (Å²) < 4.78 is 10.4. The quantitative estimate of drug-likeness (QED) is 0.843. The van der Waals surface area contributed by atoms with Gasteiger partial charge in [0.15, 0.2) is 11.5 Å². The molecule has 0 bridgehead atoms. The molecule has 1 amide bonds. The van der Waals surface area contributed by atoms with Crippen LogP contribution in [0.3, 0.4) is 0 Å². The standard InChI is InChI=1S/C17H26N2O3/c1-21-14-7-6-13(10-15(14)22-2)11-16(20)19-12-17(18)8-4-3-5-9-17/h6-7,10H,3-5,8-9,11-12,18H2,1-2H3,(H,19,20). The number of rotatable bonds is 6. The van der Waals surface area contributed by atoms with Crippen LogP contribution in [0.2, 0.25) is 0 Å². The van der Waals surface area contributed by atoms with E-state index in [-0.39, 0.29) is 11.4 Å². The minimum Gasteiger partial charge on any atom is -0.493 e. The molecule has 22 heavy (non-hydrogen) atoms. The molecule has 5 heteroatoms. The highest BCUT2D eigenvalue weighted by atomic mass is 16.5. The molecule has 0 radical (unpaired) electrons. The van der Waals surface area contributed by atoms with Crippen LogP contribution in [0.25, 0.3) is 0 Å². The zero-order chi connectivity index (χ0) is 16.0. The summed E-state index contributed by atoms with van der Waals surface area (Å²) in [5.74, 6) is 1.28. The van der Waals surface area contributed by atoms with Crippen LogP contribution in [0.5, 0.6) is 11.5 Å². The average Bonchev–Trinajstić information content (AvgIpc) is 2.53. The number of hydrogen-bond donors (Lipinski definition) is 2. The minimum atomic E-state index is -0.231. The molecule has 0 aromatic heterocycles. The van der Waals surface area contributed by atoms with Crippen LogP contribution in [0.15, 0.2) is 18.2 Å². The largest absolute Gasteiger partial charge is 0.493 e. The summed E-state index contributed by atoms with van der Waals surface area (Å²) in [6, 6.07) is 5.52. The predicted molar refractivity (Wildman–Crippen MR) is 86.3 cm³/mol. The van der Waals surface area contributed by atoms with E-state index in [1.807, 2.05) is 18.2 Å². The van der Waals surface area contributed by atoms with Crippen LogP contribution in [0, 0.1) is 0 Å². The van der Waals surface area contributed by atoms with Gasteiger partial charge < -0.3 is 20.5 Å². The maximum absolute atomic E-state index is 12.1. The van der Waals surface area contributed by atoms with Crippen LogP contribution in [-0.4, -0.2) is 32.2 Å². The maximum Gasteiger partial charge on any atom is 0.224 e. The van der Waals surface area contributed by atoms with Gasteiger partial charge in [0.05, 0.1) is 20.6 Å². The summed E-state index contributed by atoms with van der Waals surface area (Å²) >= 11 is 0. The van der Waals surface area contributed by atoms with Gasteiger partial charge in [-0.3, -0.25) is 4.79 Å². The summed E-state index contributed by atoms with van der Waals surface area (Å²) in [5.41, 5.74) is 7.00. The average molecular weight is 306 g/mol. The lowest BCUT2D eigenvalue weighted by Gasteiger charge is -2.33. The number of ether oxygens (including phenoxy) is 2. The fourth-order valence-corrected chi connectivity index (χ4v) is 2.95. The molecule has 0 saturated heterocycles. The molecule has 0 atom stereocenters. The van der Waals surface area contributed by atoms with Crippen molar-refractivity contribution < 1.29 is 14.3 Å². The van der Waals surface area contributed by atoms with Gasteiger partial charge in [0, 0.05) is 12.1 Å². The molecular weight excluding hydrogens is 280 g/mol. The Labute approximate surface area is 132 Å². The second kappa shape index (κ2) is 7.49. The van der Waals surface area contributed by atoms with Crippen molar-refractivity contribution in [1.29, 1.82) is 0 Å². The number of amides is 1. The molecule has 3 N–H and O–H groups in total. The second-order valence-electron chi connectivity index (χ2n) is 6.07. The predicted octanol–water partition coefficient (Wildman–Crippen LogP) is 2.02. The van der Waals surface area contributed by atoms with Crippen molar-refractivity contribution >= 4 is 5.91 Å². The molecular formula is C17H26N2O3. The van der Waals surface area contributed by atoms with Crippen molar-refractivity contribution in [3.63, 3.8) is 0 Å². The number of methoxy groups -OCH3 is 2. The third-order valence-corrected chi connectivity index (χ3v) is 4.30. The van der Waals surface area contributed by atoms with E-state index in [4.69, 9.17) is 15.2 Å². The molecule has 1 fully saturated rings. The van der Waals surface area contributed by atoms with Gasteiger partial charge in [-0.2, -0.15) is 0 Å². The van der Waals surface area contributed by atoms with E-state index in [0.29, 0.717) is 24.5 Å². The summed E-state index contributed by atoms with van der Waals surface area (Å²) in [7, 11) is 3.18. The van der Waals surface area contributed by atoms with Crippen molar-refractivity contribution in [2.45, 2.75) is 44.1 Å². The van der Waals surface area contributed by atoms with Crippen LogP contribution in [-0.2, 0) is 11.2 Å². The van der Waals surface area contributed by atoms with Crippen molar-refractivity contribution in [2.24, 2.45) is 5.73 Å². The number of benzene rings is 1. The summed E-state index contributed by atoms with van der Waals surface area (Å²) in [5, 5.41) is 2.97. The maximum atomic E-state index is 12.1. The molecule has 1 aliphatic rings. The Morgan fingerprint density at radius 3 is 2.50 bits per heavy atom. The molecule has 122 valence electrons. The fourth-order valence-electron chi connectivity index (χ4n) is 2.95. The Bertz CT molecular complexity index is 511. The highest BCUT2D eigenvalue weighted by molar-refractivity contribution is 5.78. The molecule has 0 aliphatic heterocycles. The normalized spacial score (nSPS) is 16.9. The molecule has 0 spiro atoms. The van der Waals surface area contributed by atoms with E-state index >= 15 is 0 Å². The molecule has 1 saturated carbocycles. The molecule has 0 heterocycles. The van der Waals surface area contributed by atoms with E-state index in [9.17, 15) is 4.79 Å². The van der Waals surface area contributed by atoms with Gasteiger partial charge in [0.1, 0.15) is 0 Å². The highest BCUT2D eigenvalue weighted by Crippen LogP contribution is 2.28. The van der Waals surface area contributed by atoms with Gasteiger partial charge in [-0.1, -0.05) is 25.3 Å². The van der Waals surface area contributed by atoms with E-state index in [0.717, 1.165) is 31.2 Å². The Kier molecular flexibility index (Phi) is 5.66. The Balaban J connectivity index is 1.89. The Hall–Kier alpha value is -1.75. The van der Waals surface area contributed by atoms with Crippen molar-refractivity contribution in [3.8, 4) is 11.5 Å². The first-order chi connectivity index (χ1) is 10.6. The number of carbonyl (C=O) groups excluding carboxylic acids is 1. The lowest BCUT2D eigenvalue weighted by atomic mass is 9.82. The van der Waals surface area contributed by atoms with Crippen molar-refractivity contribution in [1.82, 2.24) is 5.32 Å². The smallest absolute Gasteiger partial charge is 0.224 e. The molecule has 1 aromatic carbocycles. The first-order valence-electron chi connectivity index (χ1n) is 7.83. The summed E-state index contributed by atoms with van der Waals surface area (Å²) in [6.45, 7) is 0.555. The Morgan fingerprint density at radius 2 is 1.86 bits per heavy atom. The minimum absolute atomic E-state index is 0.0115. The van der Waals surface area contributed by atoms with E-state index in [2.05, 4.69) is 5.32 Å². The number of hydrogen-bond acceptors (Lipinski definition) is 4. The lowest BCUT2D eigenvalue weighted by molar-refractivity contribution is -0.120. The Morgan fingerprint density at radius 1 is 1.18 bits per heavy atom. The zero-order valence-corrected chi connectivity index (χ0v) is 13.5. The van der Waals surface area contributed by atoms with Crippen LogP contribution >= 0.6 is 0 Å². The summed E-state index contributed by atoms with van der Waals surface area (Å²) in [6.07, 6.45) is 5.85. The molecule has 5 nitrogen and oxygen atoms in total. The SMILES string of the molecule is COc1ccc(CC(=O)NCC2(N)CCCCC2)cc1OC. The molecule has 1 aliphatic carbocycles. The van der Waals surface area contributed by atoms with Crippen LogP contribution in [0.4, 0.5) is 0 Å². The van der Waals surface area contributed by atoms with Crippen molar-refractivity contribution in [3.05, 3.63) is 23.8 Å². The van der Waals surface area contributed by atoms with Crippen LogP contribution in [0.1, 0.15) is 37.7 Å². The first kappa shape index (κ1) is 16.6. The highest BCUT2D eigenvalue weighted by Gasteiger charge is 2.27. The topological polar surface area (TPSA) is 73.6 Å². The van der Waals surface area contributed by atoms with Gasteiger partial charge in [-0.25, -0.2) is 0 Å². The monoisotopic (exact) mass is 306 g/mol. The lowest BCUT2D eigenvalue weighted by Crippen LogP contribution is -2.51. The van der Waals surface area contributed by atoms with Crippen molar-refractivity contribution in [2.75, 3.05) is 20.8 Å². The second-order valence-corrected chi connectivity index (χ2v) is 6.07. The van der Waals surface area contributed by atoms with E-state index < -0.39 is 0 Å². The van der Waals surface area contributed by atoms with Gasteiger partial charge >= 0.3 is 0 Å². The van der Waals surface area contributed by atoms with Gasteiger partial charge in [0.2, 0.25) is 5.91 Å². The first-order valence-corrected chi connectivity index (χ1v) is 7.83. The van der Waals surface area contributed by atoms with E-state index in [1.165, 1.54) is 6.42 Å². The molecule has 1 aromatic rings. The number of carbonyl (C=O) groups is 1. The van der Waals surface area contributed by atoms with Crippen LogP contribution < -0.4 is 20.5 Å². The zero-order valence-electron chi connectivity index (χ0n) is 13.5.